The Labute approximate surface area is 223 Å². The fraction of sp³-hybridized carbons (Fsp3) is 0.310. The van der Waals surface area contributed by atoms with Crippen LogP contribution in [0.3, 0.4) is 0 Å². The van der Waals surface area contributed by atoms with Crippen molar-refractivity contribution >= 4 is 35.2 Å². The third-order valence-corrected chi connectivity index (χ3v) is 7.01. The number of methoxy groups -OCH3 is 1. The summed E-state index contributed by atoms with van der Waals surface area (Å²) in [7, 11) is 1.62. The largest absolute Gasteiger partial charge is 0.497 e. The number of hydrogen-bond acceptors (Lipinski definition) is 4. The smallest absolute Gasteiger partial charge is 0.243 e. The van der Waals surface area contributed by atoms with Crippen LogP contribution in [0.25, 0.3) is 0 Å². The maximum Gasteiger partial charge on any atom is 0.243 e. The molecule has 0 fully saturated rings. The summed E-state index contributed by atoms with van der Waals surface area (Å²) in [4.78, 5) is 29.8. The van der Waals surface area contributed by atoms with Gasteiger partial charge in [0.2, 0.25) is 11.8 Å². The molecule has 0 heterocycles. The van der Waals surface area contributed by atoms with Gasteiger partial charge in [0.1, 0.15) is 11.8 Å². The van der Waals surface area contributed by atoms with Gasteiger partial charge in [0.05, 0.1) is 12.9 Å². The van der Waals surface area contributed by atoms with Gasteiger partial charge in [-0.2, -0.15) is 0 Å². The van der Waals surface area contributed by atoms with Crippen molar-refractivity contribution in [3.8, 4) is 5.75 Å². The highest BCUT2D eigenvalue weighted by atomic mass is 35.5. The molecule has 5 nitrogen and oxygen atoms in total. The van der Waals surface area contributed by atoms with Gasteiger partial charge in [-0.15, -0.1) is 11.8 Å². The lowest BCUT2D eigenvalue weighted by Gasteiger charge is -2.31. The number of nitrogens with one attached hydrogen (secondary N) is 1. The van der Waals surface area contributed by atoms with Crippen molar-refractivity contribution in [3.05, 3.63) is 95.0 Å². The summed E-state index contributed by atoms with van der Waals surface area (Å²) in [6.07, 6.45) is 2.30. The molecule has 0 aliphatic rings. The van der Waals surface area contributed by atoms with Gasteiger partial charge in [0, 0.05) is 29.4 Å². The maximum absolute atomic E-state index is 13.7. The summed E-state index contributed by atoms with van der Waals surface area (Å²) in [5.74, 6) is 0.672. The van der Waals surface area contributed by atoms with Crippen LogP contribution in [-0.4, -0.2) is 42.2 Å². The van der Waals surface area contributed by atoms with E-state index in [1.165, 1.54) is 11.8 Å². The number of nitrogens with zero attached hydrogens (tertiary/aromatic N) is 1. The summed E-state index contributed by atoms with van der Waals surface area (Å²) < 4.78 is 5.38. The number of carbonyl (C=O) groups excluding carboxylic acids is 2. The zero-order valence-corrected chi connectivity index (χ0v) is 22.4. The van der Waals surface area contributed by atoms with Crippen LogP contribution in [0.5, 0.6) is 5.75 Å². The van der Waals surface area contributed by atoms with Crippen LogP contribution in [0.2, 0.25) is 5.02 Å². The van der Waals surface area contributed by atoms with Gasteiger partial charge in [0.15, 0.2) is 0 Å². The van der Waals surface area contributed by atoms with Crippen molar-refractivity contribution in [2.45, 2.75) is 43.7 Å². The number of unbranched alkanes of at least 4 members (excludes halogenated alkanes) is 1. The maximum atomic E-state index is 13.7. The fourth-order valence-electron chi connectivity index (χ4n) is 3.79. The topological polar surface area (TPSA) is 58.6 Å². The number of amides is 2. The van der Waals surface area contributed by atoms with Crippen LogP contribution < -0.4 is 10.1 Å². The lowest BCUT2D eigenvalue weighted by Crippen LogP contribution is -2.51. The first-order valence-corrected chi connectivity index (χ1v) is 13.5. The molecule has 36 heavy (non-hydrogen) atoms. The average Bonchev–Trinajstić information content (AvgIpc) is 2.91. The zero-order valence-electron chi connectivity index (χ0n) is 20.8. The molecule has 1 unspecified atom stereocenters. The molecule has 1 N–H and O–H groups in total. The van der Waals surface area contributed by atoms with Gasteiger partial charge in [0.25, 0.3) is 0 Å². The number of halogens is 1. The van der Waals surface area contributed by atoms with E-state index in [-0.39, 0.29) is 17.6 Å². The Bertz CT molecular complexity index is 1110. The van der Waals surface area contributed by atoms with Crippen LogP contribution in [0.15, 0.2) is 83.8 Å². The second-order valence-corrected chi connectivity index (χ2v) is 9.95. The van der Waals surface area contributed by atoms with Crippen LogP contribution >= 0.6 is 23.4 Å². The third-order valence-electron chi connectivity index (χ3n) is 5.76. The SMILES string of the molecule is CCCCNC(=O)C(Cc1ccccc1)N(Cc1cccc(OC)c1)C(=O)CSc1ccc(Cl)cc1. The number of thioether (sulfide) groups is 1. The monoisotopic (exact) mass is 524 g/mol. The summed E-state index contributed by atoms with van der Waals surface area (Å²) >= 11 is 7.44. The third kappa shape index (κ3) is 8.61. The molecule has 0 spiro atoms. The first kappa shape index (κ1) is 27.6. The zero-order chi connectivity index (χ0) is 25.8. The minimum atomic E-state index is -0.645. The highest BCUT2D eigenvalue weighted by molar-refractivity contribution is 8.00. The predicted molar refractivity (Wildman–Crippen MR) is 148 cm³/mol. The molecule has 3 aromatic rings. The molecule has 3 rings (SSSR count). The van der Waals surface area contributed by atoms with E-state index in [2.05, 4.69) is 12.2 Å². The Morgan fingerprint density at radius 3 is 2.42 bits per heavy atom. The minimum Gasteiger partial charge on any atom is -0.497 e. The lowest BCUT2D eigenvalue weighted by molar-refractivity contribution is -0.139. The van der Waals surface area contributed by atoms with Gasteiger partial charge in [-0.1, -0.05) is 67.4 Å². The molecule has 0 aliphatic carbocycles. The molecule has 0 bridgehead atoms. The second kappa shape index (κ2) is 14.6. The number of ether oxygens (including phenoxy) is 1. The lowest BCUT2D eigenvalue weighted by atomic mass is 10.0. The molecule has 0 aromatic heterocycles. The van der Waals surface area contributed by atoms with E-state index >= 15 is 0 Å². The minimum absolute atomic E-state index is 0.107. The summed E-state index contributed by atoms with van der Waals surface area (Å²) in [5.41, 5.74) is 1.90. The van der Waals surface area contributed by atoms with E-state index in [9.17, 15) is 9.59 Å². The molecule has 0 radical (unpaired) electrons. The van der Waals surface area contributed by atoms with Crippen molar-refractivity contribution in [1.82, 2.24) is 10.2 Å². The van der Waals surface area contributed by atoms with Gasteiger partial charge in [-0.25, -0.2) is 0 Å². The van der Waals surface area contributed by atoms with Gasteiger partial charge < -0.3 is 15.0 Å². The molecule has 0 aliphatic heterocycles. The van der Waals surface area contributed by atoms with Gasteiger partial charge in [-0.3, -0.25) is 9.59 Å². The molecule has 0 saturated carbocycles. The standard InChI is InChI=1S/C29H33ClN2O3S/c1-3-4-17-31-29(34)27(19-22-9-6-5-7-10-22)32(20-23-11-8-12-25(18-23)35-2)28(33)21-36-26-15-13-24(30)14-16-26/h5-16,18,27H,3-4,17,19-21H2,1-2H3,(H,31,34). The van der Waals surface area contributed by atoms with Gasteiger partial charge in [-0.05, 0) is 53.9 Å². The Morgan fingerprint density at radius 1 is 1.00 bits per heavy atom. The summed E-state index contributed by atoms with van der Waals surface area (Å²) in [6, 6.07) is 24.2. The van der Waals surface area contributed by atoms with E-state index in [0.717, 1.165) is 28.9 Å². The van der Waals surface area contributed by atoms with Crippen molar-refractivity contribution in [3.63, 3.8) is 0 Å². The molecular formula is C29H33ClN2O3S. The van der Waals surface area contributed by atoms with Crippen LogP contribution in [0, 0.1) is 0 Å². The summed E-state index contributed by atoms with van der Waals surface area (Å²) in [6.45, 7) is 2.97. The van der Waals surface area contributed by atoms with E-state index in [1.54, 1.807) is 12.0 Å². The number of hydrogen-bond donors (Lipinski definition) is 1. The van der Waals surface area contributed by atoms with E-state index in [4.69, 9.17) is 16.3 Å². The average molecular weight is 525 g/mol. The molecule has 190 valence electrons. The highest BCUT2D eigenvalue weighted by Gasteiger charge is 2.30. The number of carbonyl (C=O) groups is 2. The first-order chi connectivity index (χ1) is 17.5. The van der Waals surface area contributed by atoms with Crippen molar-refractivity contribution < 1.29 is 14.3 Å². The van der Waals surface area contributed by atoms with Crippen molar-refractivity contribution in [2.24, 2.45) is 0 Å². The van der Waals surface area contributed by atoms with Crippen molar-refractivity contribution in [1.29, 1.82) is 0 Å². The Morgan fingerprint density at radius 2 is 1.72 bits per heavy atom. The Hall–Kier alpha value is -2.96. The molecule has 7 heteroatoms. The molecule has 1 atom stereocenters. The molecule has 2 amide bonds. The second-order valence-electron chi connectivity index (χ2n) is 8.47. The highest BCUT2D eigenvalue weighted by Crippen LogP contribution is 2.23. The van der Waals surface area contributed by atoms with Crippen molar-refractivity contribution in [2.75, 3.05) is 19.4 Å². The van der Waals surface area contributed by atoms with Crippen LogP contribution in [-0.2, 0) is 22.6 Å². The normalized spacial score (nSPS) is 11.5. The number of benzene rings is 3. The molecule has 3 aromatic carbocycles. The van der Waals surface area contributed by atoms with E-state index in [0.29, 0.717) is 30.3 Å². The molecule has 0 saturated heterocycles. The predicted octanol–water partition coefficient (Wildman–Crippen LogP) is 6.00. The first-order valence-electron chi connectivity index (χ1n) is 12.1. The van der Waals surface area contributed by atoms with E-state index in [1.807, 2.05) is 78.9 Å². The summed E-state index contributed by atoms with van der Waals surface area (Å²) in [5, 5.41) is 3.70. The quantitative estimate of drug-likeness (QED) is 0.220. The van der Waals surface area contributed by atoms with Gasteiger partial charge >= 0.3 is 0 Å². The number of rotatable bonds is 13. The van der Waals surface area contributed by atoms with E-state index < -0.39 is 6.04 Å². The van der Waals surface area contributed by atoms with Crippen LogP contribution in [0.1, 0.15) is 30.9 Å². The van der Waals surface area contributed by atoms with Crippen LogP contribution in [0.4, 0.5) is 0 Å². The Kier molecular flexibility index (Phi) is 11.2. The Balaban J connectivity index is 1.89. The molecular weight excluding hydrogens is 492 g/mol. The fourth-order valence-corrected chi connectivity index (χ4v) is 4.70.